The molecule has 1 N–H and O–H groups in total. The summed E-state index contributed by atoms with van der Waals surface area (Å²) in [5, 5.41) is 2.88. The Kier molecular flexibility index (Phi) is 5.53. The molecule has 0 bridgehead atoms. The Bertz CT molecular complexity index is 1110. The second-order valence-electron chi connectivity index (χ2n) is 7.54. The molecule has 1 amide bonds. The topological polar surface area (TPSA) is 64.4 Å². The summed E-state index contributed by atoms with van der Waals surface area (Å²) in [5.74, 6) is 1.47. The molecule has 0 fully saturated rings. The van der Waals surface area contributed by atoms with E-state index in [2.05, 4.69) is 24.1 Å². The highest BCUT2D eigenvalue weighted by Crippen LogP contribution is 2.25. The van der Waals surface area contributed by atoms with Crippen LogP contribution in [0.25, 0.3) is 22.6 Å². The zero-order chi connectivity index (χ0) is 21.1. The van der Waals surface area contributed by atoms with Crippen molar-refractivity contribution in [3.8, 4) is 17.2 Å². The van der Waals surface area contributed by atoms with Crippen molar-refractivity contribution in [1.29, 1.82) is 0 Å². The van der Waals surface area contributed by atoms with E-state index in [9.17, 15) is 4.79 Å². The number of oxazole rings is 1. The van der Waals surface area contributed by atoms with Gasteiger partial charge in [0.15, 0.2) is 11.7 Å². The first-order valence-electron chi connectivity index (χ1n) is 10.0. The lowest BCUT2D eigenvalue weighted by Gasteiger charge is -2.15. The van der Waals surface area contributed by atoms with E-state index in [1.807, 2.05) is 72.8 Å². The number of benzene rings is 3. The Hall–Kier alpha value is -3.60. The predicted octanol–water partition coefficient (Wildman–Crippen LogP) is 6.02. The van der Waals surface area contributed by atoms with Gasteiger partial charge in [-0.15, -0.1) is 0 Å². The SMILES string of the molecule is CC(C)c1ccc(O[C@H](C)C(=O)Nc2ccc(-c3nc4ccccc4o3)cc2)cc1. The number of para-hydroxylation sites is 2. The standard InChI is InChI=1S/C25H24N2O3/c1-16(2)18-10-14-21(15-11-18)29-17(3)24(28)26-20-12-8-19(9-13-20)25-27-22-6-4-5-7-23(22)30-25/h4-17H,1-3H3,(H,26,28)/t17-/m1/s1. The molecule has 152 valence electrons. The van der Waals surface area contributed by atoms with Crippen LogP contribution in [-0.4, -0.2) is 17.0 Å². The molecule has 0 unspecified atom stereocenters. The molecule has 5 heteroatoms. The smallest absolute Gasteiger partial charge is 0.265 e. The number of rotatable bonds is 6. The number of hydrogen-bond donors (Lipinski definition) is 1. The molecule has 0 aliphatic carbocycles. The minimum Gasteiger partial charge on any atom is -0.481 e. The molecular weight excluding hydrogens is 376 g/mol. The van der Waals surface area contributed by atoms with Gasteiger partial charge >= 0.3 is 0 Å². The second-order valence-corrected chi connectivity index (χ2v) is 7.54. The molecule has 1 heterocycles. The molecule has 0 spiro atoms. The van der Waals surface area contributed by atoms with E-state index in [0.29, 0.717) is 23.2 Å². The predicted molar refractivity (Wildman–Crippen MR) is 119 cm³/mol. The van der Waals surface area contributed by atoms with Crippen molar-refractivity contribution in [1.82, 2.24) is 4.98 Å². The van der Waals surface area contributed by atoms with E-state index in [0.717, 1.165) is 16.7 Å². The zero-order valence-corrected chi connectivity index (χ0v) is 17.3. The number of hydrogen-bond acceptors (Lipinski definition) is 4. The number of amides is 1. The third-order valence-electron chi connectivity index (χ3n) is 4.92. The molecular formula is C25H24N2O3. The summed E-state index contributed by atoms with van der Waals surface area (Å²) in [4.78, 5) is 17.0. The molecule has 5 nitrogen and oxygen atoms in total. The van der Waals surface area contributed by atoms with Gasteiger partial charge in [0.05, 0.1) is 0 Å². The first-order valence-corrected chi connectivity index (χ1v) is 10.0. The lowest BCUT2D eigenvalue weighted by atomic mass is 10.0. The number of anilines is 1. The maximum absolute atomic E-state index is 12.5. The monoisotopic (exact) mass is 400 g/mol. The number of nitrogens with zero attached hydrogens (tertiary/aromatic N) is 1. The Morgan fingerprint density at radius 1 is 0.933 bits per heavy atom. The molecule has 0 saturated carbocycles. The number of fused-ring (bicyclic) bond motifs is 1. The molecule has 0 saturated heterocycles. The molecule has 30 heavy (non-hydrogen) atoms. The van der Waals surface area contributed by atoms with Gasteiger partial charge in [-0.25, -0.2) is 4.98 Å². The van der Waals surface area contributed by atoms with Gasteiger partial charge in [0.2, 0.25) is 5.89 Å². The molecule has 4 aromatic rings. The molecule has 1 aromatic heterocycles. The zero-order valence-electron chi connectivity index (χ0n) is 17.3. The number of carbonyl (C=O) groups excluding carboxylic acids is 1. The minimum absolute atomic E-state index is 0.211. The van der Waals surface area contributed by atoms with E-state index in [1.54, 1.807) is 6.92 Å². The van der Waals surface area contributed by atoms with E-state index in [1.165, 1.54) is 5.56 Å². The molecule has 0 radical (unpaired) electrons. The molecule has 4 rings (SSSR count). The molecule has 0 aliphatic rings. The van der Waals surface area contributed by atoms with Gasteiger partial charge in [-0.3, -0.25) is 4.79 Å². The third-order valence-corrected chi connectivity index (χ3v) is 4.92. The maximum Gasteiger partial charge on any atom is 0.265 e. The second kappa shape index (κ2) is 8.41. The van der Waals surface area contributed by atoms with Crippen LogP contribution in [0.1, 0.15) is 32.3 Å². The van der Waals surface area contributed by atoms with Gasteiger partial charge in [0.25, 0.3) is 5.91 Å². The van der Waals surface area contributed by atoms with E-state index in [4.69, 9.17) is 9.15 Å². The van der Waals surface area contributed by atoms with Gasteiger partial charge < -0.3 is 14.5 Å². The molecule has 3 aromatic carbocycles. The summed E-state index contributed by atoms with van der Waals surface area (Å²) in [6.07, 6.45) is -0.619. The Balaban J connectivity index is 1.39. The fraction of sp³-hybridized carbons (Fsp3) is 0.200. The average molecular weight is 400 g/mol. The summed E-state index contributed by atoms with van der Waals surface area (Å²) >= 11 is 0. The number of carbonyl (C=O) groups is 1. The average Bonchev–Trinajstić information content (AvgIpc) is 3.19. The van der Waals surface area contributed by atoms with Crippen LogP contribution in [0.4, 0.5) is 5.69 Å². The minimum atomic E-state index is -0.619. The Morgan fingerprint density at radius 2 is 1.63 bits per heavy atom. The first kappa shape index (κ1) is 19.7. The van der Waals surface area contributed by atoms with Crippen molar-refractivity contribution in [2.45, 2.75) is 32.8 Å². The van der Waals surface area contributed by atoms with E-state index in [-0.39, 0.29) is 5.91 Å². The van der Waals surface area contributed by atoms with Crippen LogP contribution in [0.2, 0.25) is 0 Å². The summed E-state index contributed by atoms with van der Waals surface area (Å²) in [6.45, 7) is 6.02. The number of nitrogens with one attached hydrogen (secondary N) is 1. The largest absolute Gasteiger partial charge is 0.481 e. The van der Waals surface area contributed by atoms with Crippen LogP contribution in [0.15, 0.2) is 77.2 Å². The number of ether oxygens (including phenoxy) is 1. The Labute approximate surface area is 175 Å². The van der Waals surface area contributed by atoms with Gasteiger partial charge in [-0.1, -0.05) is 38.1 Å². The third kappa shape index (κ3) is 4.35. The summed E-state index contributed by atoms with van der Waals surface area (Å²) in [5.41, 5.74) is 4.33. The summed E-state index contributed by atoms with van der Waals surface area (Å²) in [6, 6.07) is 22.9. The number of aromatic nitrogens is 1. The fourth-order valence-corrected chi connectivity index (χ4v) is 3.12. The lowest BCUT2D eigenvalue weighted by molar-refractivity contribution is -0.122. The van der Waals surface area contributed by atoms with Crippen LogP contribution >= 0.6 is 0 Å². The van der Waals surface area contributed by atoms with Crippen molar-refractivity contribution >= 4 is 22.7 Å². The Morgan fingerprint density at radius 3 is 2.30 bits per heavy atom. The van der Waals surface area contributed by atoms with Gasteiger partial charge in [0.1, 0.15) is 11.3 Å². The van der Waals surface area contributed by atoms with Crippen molar-refractivity contribution in [3.63, 3.8) is 0 Å². The van der Waals surface area contributed by atoms with E-state index < -0.39 is 6.10 Å². The van der Waals surface area contributed by atoms with Crippen LogP contribution in [0.5, 0.6) is 5.75 Å². The van der Waals surface area contributed by atoms with Crippen molar-refractivity contribution in [2.75, 3.05) is 5.32 Å². The van der Waals surface area contributed by atoms with Gasteiger partial charge in [-0.2, -0.15) is 0 Å². The van der Waals surface area contributed by atoms with Crippen LogP contribution < -0.4 is 10.1 Å². The normalized spacial score (nSPS) is 12.1. The van der Waals surface area contributed by atoms with Gasteiger partial charge in [-0.05, 0) is 66.9 Å². The van der Waals surface area contributed by atoms with E-state index >= 15 is 0 Å². The van der Waals surface area contributed by atoms with Crippen LogP contribution in [0, 0.1) is 0 Å². The fourth-order valence-electron chi connectivity index (χ4n) is 3.12. The van der Waals surface area contributed by atoms with Crippen molar-refractivity contribution < 1.29 is 13.9 Å². The van der Waals surface area contributed by atoms with Crippen LogP contribution in [-0.2, 0) is 4.79 Å². The maximum atomic E-state index is 12.5. The lowest BCUT2D eigenvalue weighted by Crippen LogP contribution is -2.30. The molecule has 0 aliphatic heterocycles. The summed E-state index contributed by atoms with van der Waals surface area (Å²) < 4.78 is 11.6. The highest BCUT2D eigenvalue weighted by atomic mass is 16.5. The first-order chi connectivity index (χ1) is 14.5. The quantitative estimate of drug-likeness (QED) is 0.429. The van der Waals surface area contributed by atoms with Crippen molar-refractivity contribution in [2.24, 2.45) is 0 Å². The molecule has 1 atom stereocenters. The summed E-state index contributed by atoms with van der Waals surface area (Å²) in [7, 11) is 0. The van der Waals surface area contributed by atoms with Crippen molar-refractivity contribution in [3.05, 3.63) is 78.4 Å². The van der Waals surface area contributed by atoms with Crippen LogP contribution in [0.3, 0.4) is 0 Å². The highest BCUT2D eigenvalue weighted by molar-refractivity contribution is 5.94. The highest BCUT2D eigenvalue weighted by Gasteiger charge is 2.15. The van der Waals surface area contributed by atoms with Gasteiger partial charge in [0, 0.05) is 11.3 Å².